The number of carbonyl (C=O) groups is 4. The molecule has 12 heteroatoms. The number of ether oxygens (including phenoxy) is 2. The van der Waals surface area contributed by atoms with Crippen molar-refractivity contribution in [1.82, 2.24) is 15.5 Å². The molecule has 44 heavy (non-hydrogen) atoms. The van der Waals surface area contributed by atoms with E-state index < -0.39 is 47.6 Å². The van der Waals surface area contributed by atoms with E-state index in [0.29, 0.717) is 24.2 Å². The second-order valence-electron chi connectivity index (χ2n) is 12.1. The third-order valence-corrected chi connectivity index (χ3v) is 9.03. The van der Waals surface area contributed by atoms with Crippen LogP contribution in [0.15, 0.2) is 41.6 Å². The zero-order valence-corrected chi connectivity index (χ0v) is 25.1. The Bertz CT molecular complexity index is 1280. The third kappa shape index (κ3) is 7.34. The molecule has 3 N–H and O–H groups in total. The summed E-state index contributed by atoms with van der Waals surface area (Å²) in [5.41, 5.74) is -0.718. The van der Waals surface area contributed by atoms with Gasteiger partial charge in [-0.1, -0.05) is 42.3 Å². The first kappa shape index (κ1) is 31.3. The van der Waals surface area contributed by atoms with Crippen LogP contribution < -0.4 is 15.4 Å². The molecule has 4 aliphatic rings. The van der Waals surface area contributed by atoms with Crippen LogP contribution in [-0.2, 0) is 24.0 Å². The number of aliphatic carboxylic acids is 1. The fourth-order valence-electron chi connectivity index (χ4n) is 6.42. The lowest BCUT2D eigenvalue weighted by Gasteiger charge is -2.29. The number of amides is 3. The van der Waals surface area contributed by atoms with Gasteiger partial charge >= 0.3 is 12.1 Å². The summed E-state index contributed by atoms with van der Waals surface area (Å²) in [7, 11) is 1.55. The molecule has 2 aliphatic heterocycles. The summed E-state index contributed by atoms with van der Waals surface area (Å²) in [6, 6.07) is 5.37. The SMILES string of the molecule is COc1ccccc1/C=N/O[C@@H]1C[C@H]2C(=O)N[C@]3(C(=O)O)CC3/C=C\CCCCC[C@H](NC(=O)OC3CCCC3)C(=O)N2C1. The number of methoxy groups -OCH3 is 1. The number of rotatable bonds is 7. The lowest BCUT2D eigenvalue weighted by Crippen LogP contribution is -2.56. The number of nitrogens with one attached hydrogen (secondary N) is 2. The zero-order valence-electron chi connectivity index (χ0n) is 25.1. The van der Waals surface area contributed by atoms with Crippen molar-refractivity contribution in [3.05, 3.63) is 42.0 Å². The largest absolute Gasteiger partial charge is 0.496 e. The highest BCUT2D eigenvalue weighted by Gasteiger charge is 2.61. The number of carboxylic acid groups (broad SMARTS) is 1. The third-order valence-electron chi connectivity index (χ3n) is 9.03. The maximum atomic E-state index is 14.0. The predicted molar refractivity (Wildman–Crippen MR) is 160 cm³/mol. The van der Waals surface area contributed by atoms with Crippen LogP contribution in [0.1, 0.15) is 76.2 Å². The van der Waals surface area contributed by atoms with Crippen LogP contribution in [0.2, 0.25) is 0 Å². The maximum absolute atomic E-state index is 14.0. The van der Waals surface area contributed by atoms with E-state index in [1.54, 1.807) is 13.2 Å². The average Bonchev–Trinajstić information content (AvgIpc) is 3.30. The van der Waals surface area contributed by atoms with Gasteiger partial charge in [0.25, 0.3) is 0 Å². The van der Waals surface area contributed by atoms with E-state index in [1.165, 1.54) is 11.1 Å². The first-order chi connectivity index (χ1) is 21.3. The Morgan fingerprint density at radius 3 is 2.64 bits per heavy atom. The molecule has 0 bridgehead atoms. The Hall–Kier alpha value is -4.09. The minimum absolute atomic E-state index is 0.0411. The molecule has 238 valence electrons. The molecule has 3 amide bonds. The first-order valence-electron chi connectivity index (χ1n) is 15.6. The van der Waals surface area contributed by atoms with Crippen molar-refractivity contribution in [2.45, 2.75) is 100 Å². The monoisotopic (exact) mass is 610 g/mol. The number of carboxylic acids is 1. The Labute approximate surface area is 257 Å². The number of hydrogen-bond donors (Lipinski definition) is 3. The van der Waals surface area contributed by atoms with Crippen LogP contribution in [0.4, 0.5) is 4.79 Å². The van der Waals surface area contributed by atoms with Crippen LogP contribution in [0.3, 0.4) is 0 Å². The summed E-state index contributed by atoms with van der Waals surface area (Å²) in [5.74, 6) is -1.82. The van der Waals surface area contributed by atoms with E-state index in [0.717, 1.165) is 44.9 Å². The number of para-hydroxylation sites is 1. The van der Waals surface area contributed by atoms with Crippen molar-refractivity contribution in [2.24, 2.45) is 11.1 Å². The van der Waals surface area contributed by atoms with E-state index in [4.69, 9.17) is 14.3 Å². The molecule has 5 atom stereocenters. The minimum Gasteiger partial charge on any atom is -0.496 e. The molecule has 1 aromatic rings. The van der Waals surface area contributed by atoms with E-state index in [2.05, 4.69) is 15.8 Å². The van der Waals surface area contributed by atoms with Crippen molar-refractivity contribution in [1.29, 1.82) is 0 Å². The highest BCUT2D eigenvalue weighted by molar-refractivity contribution is 5.96. The zero-order chi connectivity index (χ0) is 31.1. The van der Waals surface area contributed by atoms with Gasteiger partial charge in [-0.2, -0.15) is 0 Å². The first-order valence-corrected chi connectivity index (χ1v) is 15.6. The van der Waals surface area contributed by atoms with E-state index in [1.807, 2.05) is 30.4 Å². The highest BCUT2D eigenvalue weighted by Crippen LogP contribution is 2.45. The number of benzene rings is 1. The van der Waals surface area contributed by atoms with Gasteiger partial charge in [-0.25, -0.2) is 9.59 Å². The number of alkyl carbamates (subject to hydrolysis) is 1. The second kappa shape index (κ2) is 14.1. The summed E-state index contributed by atoms with van der Waals surface area (Å²) in [6.45, 7) is 0.0411. The average molecular weight is 611 g/mol. The fraction of sp³-hybridized carbons (Fsp3) is 0.594. The van der Waals surface area contributed by atoms with Crippen LogP contribution in [0.5, 0.6) is 5.75 Å². The maximum Gasteiger partial charge on any atom is 0.408 e. The van der Waals surface area contributed by atoms with Gasteiger partial charge in [0.15, 0.2) is 0 Å². The van der Waals surface area contributed by atoms with Crippen LogP contribution in [-0.4, -0.2) is 83.6 Å². The van der Waals surface area contributed by atoms with Crippen molar-refractivity contribution in [2.75, 3.05) is 13.7 Å². The van der Waals surface area contributed by atoms with Crippen LogP contribution >= 0.6 is 0 Å². The lowest BCUT2D eigenvalue weighted by molar-refractivity contribution is -0.145. The summed E-state index contributed by atoms with van der Waals surface area (Å²) in [4.78, 5) is 60.0. The summed E-state index contributed by atoms with van der Waals surface area (Å²) in [6.07, 6.45) is 11.4. The predicted octanol–water partition coefficient (Wildman–Crippen LogP) is 3.53. The van der Waals surface area contributed by atoms with Gasteiger partial charge < -0.3 is 35.0 Å². The van der Waals surface area contributed by atoms with Crippen molar-refractivity contribution >= 4 is 30.1 Å². The number of nitrogens with zero attached hydrogens (tertiary/aromatic N) is 2. The number of hydrogen-bond acceptors (Lipinski definition) is 8. The highest BCUT2D eigenvalue weighted by atomic mass is 16.6. The molecular weight excluding hydrogens is 568 g/mol. The van der Waals surface area contributed by atoms with Crippen LogP contribution in [0, 0.1) is 5.92 Å². The fourth-order valence-corrected chi connectivity index (χ4v) is 6.42. The van der Waals surface area contributed by atoms with Crippen molar-refractivity contribution in [3.63, 3.8) is 0 Å². The number of fused-ring (bicyclic) bond motifs is 2. The topological polar surface area (TPSA) is 156 Å². The molecule has 1 aromatic carbocycles. The van der Waals surface area contributed by atoms with Gasteiger partial charge in [0, 0.05) is 17.9 Å². The molecule has 1 unspecified atom stereocenters. The lowest BCUT2D eigenvalue weighted by atomic mass is 10.0. The van der Waals surface area contributed by atoms with Gasteiger partial charge in [0.05, 0.1) is 19.9 Å². The Morgan fingerprint density at radius 1 is 1.09 bits per heavy atom. The van der Waals surface area contributed by atoms with Gasteiger partial charge in [-0.3, -0.25) is 9.59 Å². The van der Waals surface area contributed by atoms with Crippen molar-refractivity contribution < 1.29 is 38.6 Å². The molecule has 0 spiro atoms. The van der Waals surface area contributed by atoms with E-state index in [-0.39, 0.29) is 31.4 Å². The van der Waals surface area contributed by atoms with E-state index >= 15 is 0 Å². The standard InChI is InChI=1S/C32H42N4O8/c1-42-27-16-10-7-11-21(27)19-33-44-24-17-26-28(37)35-32(30(39)40)18-22(32)12-5-3-2-4-6-15-25(29(38)36(26)20-24)34-31(41)43-23-13-8-9-14-23/h5,7,10-12,16,19,22-26H,2-4,6,8-9,13-15,17-18,20H2,1H3,(H,34,41)(H,35,37)(H,39,40)/b12-5-,33-19+/t22?,24-,25+,26+,32-/m1/s1. The normalized spacial score (nSPS) is 30.3. The van der Waals surface area contributed by atoms with Gasteiger partial charge in [-0.15, -0.1) is 0 Å². The summed E-state index contributed by atoms with van der Waals surface area (Å²) < 4.78 is 10.9. The molecule has 1 saturated heterocycles. The summed E-state index contributed by atoms with van der Waals surface area (Å²) >= 11 is 0. The molecule has 2 heterocycles. The molecule has 0 radical (unpaired) electrons. The van der Waals surface area contributed by atoms with Gasteiger partial charge in [0.1, 0.15) is 35.6 Å². The minimum atomic E-state index is -1.41. The Kier molecular flexibility index (Phi) is 10.1. The number of oxime groups is 1. The Morgan fingerprint density at radius 2 is 1.86 bits per heavy atom. The molecule has 12 nitrogen and oxygen atoms in total. The molecule has 0 aromatic heterocycles. The number of allylic oxidation sites excluding steroid dienone is 1. The molecule has 2 saturated carbocycles. The number of carbonyl (C=O) groups excluding carboxylic acids is 3. The second-order valence-corrected chi connectivity index (χ2v) is 12.1. The Balaban J connectivity index is 1.36. The quantitative estimate of drug-likeness (QED) is 0.241. The van der Waals surface area contributed by atoms with E-state index in [9.17, 15) is 24.3 Å². The van der Waals surface area contributed by atoms with Crippen molar-refractivity contribution in [3.8, 4) is 5.75 Å². The molecular formula is C32H42N4O8. The molecule has 3 fully saturated rings. The van der Waals surface area contributed by atoms with Gasteiger partial charge in [0.2, 0.25) is 11.8 Å². The van der Waals surface area contributed by atoms with Gasteiger partial charge in [-0.05, 0) is 63.5 Å². The summed E-state index contributed by atoms with van der Waals surface area (Å²) in [5, 5.41) is 19.7. The van der Waals surface area contributed by atoms with Crippen LogP contribution in [0.25, 0.3) is 0 Å². The molecule has 2 aliphatic carbocycles. The smallest absolute Gasteiger partial charge is 0.408 e. The molecule has 5 rings (SSSR count).